The summed E-state index contributed by atoms with van der Waals surface area (Å²) in [5.74, 6) is 1.10. The molecule has 1 aromatic heterocycles. The zero-order valence-corrected chi connectivity index (χ0v) is 12.2. The molecule has 1 aromatic rings. The van der Waals surface area contributed by atoms with Crippen molar-refractivity contribution in [3.8, 4) is 6.07 Å². The summed E-state index contributed by atoms with van der Waals surface area (Å²) in [6.45, 7) is 1.75. The highest BCUT2D eigenvalue weighted by molar-refractivity contribution is 8.04. The molecule has 6 nitrogen and oxygen atoms in total. The fraction of sp³-hybridized carbons (Fsp3) is 0.357. The molecule has 2 aliphatic rings. The van der Waals surface area contributed by atoms with Crippen LogP contribution in [0.5, 0.6) is 0 Å². The summed E-state index contributed by atoms with van der Waals surface area (Å²) in [7, 11) is 0. The van der Waals surface area contributed by atoms with Crippen LogP contribution in [0.4, 0.5) is 11.5 Å². The average molecular weight is 301 g/mol. The number of carbonyl (C=O) groups excluding carboxylic acids is 1. The van der Waals surface area contributed by atoms with E-state index in [2.05, 4.69) is 15.2 Å². The molecule has 7 heteroatoms. The van der Waals surface area contributed by atoms with Gasteiger partial charge in [-0.2, -0.15) is 5.26 Å². The lowest BCUT2D eigenvalue weighted by Gasteiger charge is -2.17. The van der Waals surface area contributed by atoms with Crippen LogP contribution < -0.4 is 16.0 Å². The number of hydrogen-bond acceptors (Lipinski definition) is 7. The normalized spacial score (nSPS) is 21.8. The molecule has 1 fully saturated rings. The maximum absolute atomic E-state index is 11.5. The van der Waals surface area contributed by atoms with E-state index in [9.17, 15) is 4.79 Å². The van der Waals surface area contributed by atoms with Crippen molar-refractivity contribution in [2.75, 3.05) is 29.1 Å². The van der Waals surface area contributed by atoms with Gasteiger partial charge in [0.2, 0.25) is 0 Å². The number of allylic oxidation sites excluding steroid dienone is 1. The monoisotopic (exact) mass is 301 g/mol. The highest BCUT2D eigenvalue weighted by Crippen LogP contribution is 2.30. The van der Waals surface area contributed by atoms with Crippen LogP contribution in [0.3, 0.4) is 0 Å². The maximum Gasteiger partial charge on any atom is 0.186 e. The highest BCUT2D eigenvalue weighted by atomic mass is 32.2. The van der Waals surface area contributed by atoms with E-state index in [1.807, 2.05) is 18.2 Å². The van der Waals surface area contributed by atoms with E-state index in [0.29, 0.717) is 10.8 Å². The van der Waals surface area contributed by atoms with Gasteiger partial charge in [-0.05, 0) is 18.6 Å². The quantitative estimate of drug-likeness (QED) is 0.862. The molecule has 1 saturated heterocycles. The van der Waals surface area contributed by atoms with Crippen LogP contribution in [0.2, 0.25) is 0 Å². The number of Topliss-reactive ketones (excluding diaryl/α,β-unsaturated/α-hetero) is 1. The van der Waals surface area contributed by atoms with Gasteiger partial charge in [-0.1, -0.05) is 11.8 Å². The van der Waals surface area contributed by atoms with Crippen LogP contribution in [0.25, 0.3) is 0 Å². The van der Waals surface area contributed by atoms with Crippen LogP contribution in [0.15, 0.2) is 28.9 Å². The Balaban J connectivity index is 1.72. The van der Waals surface area contributed by atoms with Gasteiger partial charge in [0.1, 0.15) is 17.5 Å². The Labute approximate surface area is 127 Å². The molecular weight excluding hydrogens is 286 g/mol. The second kappa shape index (κ2) is 5.76. The third kappa shape index (κ3) is 2.86. The molecule has 1 atom stereocenters. The predicted molar refractivity (Wildman–Crippen MR) is 82.8 cm³/mol. The minimum atomic E-state index is -0.124. The van der Waals surface area contributed by atoms with Crippen molar-refractivity contribution in [1.29, 1.82) is 5.26 Å². The molecule has 0 aromatic carbocycles. The first-order valence-electron chi connectivity index (χ1n) is 6.71. The summed E-state index contributed by atoms with van der Waals surface area (Å²) in [6.07, 6.45) is 2.70. The fourth-order valence-electron chi connectivity index (χ4n) is 2.39. The molecule has 3 rings (SSSR count). The van der Waals surface area contributed by atoms with Gasteiger partial charge in [-0.25, -0.2) is 4.98 Å². The van der Waals surface area contributed by atoms with Gasteiger partial charge in [0.05, 0.1) is 22.7 Å². The van der Waals surface area contributed by atoms with Crippen LogP contribution >= 0.6 is 11.8 Å². The lowest BCUT2D eigenvalue weighted by atomic mass is 10.2. The third-order valence-corrected chi connectivity index (χ3v) is 4.52. The summed E-state index contributed by atoms with van der Waals surface area (Å²) in [6, 6.07) is 5.99. The van der Waals surface area contributed by atoms with E-state index >= 15 is 0 Å². The Morgan fingerprint density at radius 2 is 2.38 bits per heavy atom. The van der Waals surface area contributed by atoms with Gasteiger partial charge < -0.3 is 16.0 Å². The summed E-state index contributed by atoms with van der Waals surface area (Å²) in [5, 5.41) is 12.7. The summed E-state index contributed by atoms with van der Waals surface area (Å²) in [5.41, 5.74) is 6.87. The lowest BCUT2D eigenvalue weighted by Crippen LogP contribution is -2.26. The van der Waals surface area contributed by atoms with E-state index in [1.54, 1.807) is 6.20 Å². The second-order valence-electron chi connectivity index (χ2n) is 5.05. The van der Waals surface area contributed by atoms with Gasteiger partial charge in [-0.15, -0.1) is 0 Å². The fourth-order valence-corrected chi connectivity index (χ4v) is 3.31. The van der Waals surface area contributed by atoms with Gasteiger partial charge in [0, 0.05) is 19.1 Å². The SMILES string of the molecule is N#CC1=C(Nc2ccc(N3CC[C@@H](N)C3)nc2)SCC1=O. The van der Waals surface area contributed by atoms with E-state index in [0.717, 1.165) is 31.0 Å². The zero-order valence-electron chi connectivity index (χ0n) is 11.4. The van der Waals surface area contributed by atoms with Crippen molar-refractivity contribution in [2.24, 2.45) is 5.73 Å². The molecule has 2 aliphatic heterocycles. The highest BCUT2D eigenvalue weighted by Gasteiger charge is 2.24. The Kier molecular flexibility index (Phi) is 3.82. The van der Waals surface area contributed by atoms with Gasteiger partial charge in [-0.3, -0.25) is 4.79 Å². The number of hydrogen-bond donors (Lipinski definition) is 2. The van der Waals surface area contributed by atoms with Crippen LogP contribution in [-0.2, 0) is 4.79 Å². The van der Waals surface area contributed by atoms with Crippen molar-refractivity contribution in [3.05, 3.63) is 28.9 Å². The van der Waals surface area contributed by atoms with Crippen molar-refractivity contribution in [2.45, 2.75) is 12.5 Å². The largest absolute Gasteiger partial charge is 0.355 e. The number of aromatic nitrogens is 1. The van der Waals surface area contributed by atoms with Crippen molar-refractivity contribution in [1.82, 2.24) is 4.98 Å². The average Bonchev–Trinajstić information content (AvgIpc) is 3.06. The van der Waals surface area contributed by atoms with Gasteiger partial charge in [0.25, 0.3) is 0 Å². The standard InChI is InChI=1S/C14H15N5OS/c15-5-11-12(20)8-21-14(11)18-10-1-2-13(17-6-10)19-4-3-9(16)7-19/h1-2,6,9,18H,3-4,7-8,16H2/t9-/m1/s1. The first kappa shape index (κ1) is 13.9. The van der Waals surface area contributed by atoms with Crippen LogP contribution in [0, 0.1) is 11.3 Å². The number of nitrogens with zero attached hydrogens (tertiary/aromatic N) is 3. The van der Waals surface area contributed by atoms with E-state index in [4.69, 9.17) is 11.0 Å². The molecule has 0 saturated carbocycles. The molecule has 0 spiro atoms. The summed E-state index contributed by atoms with van der Waals surface area (Å²) < 4.78 is 0. The number of rotatable bonds is 3. The van der Waals surface area contributed by atoms with Crippen molar-refractivity contribution >= 4 is 29.1 Å². The molecule has 0 amide bonds. The van der Waals surface area contributed by atoms with E-state index in [-0.39, 0.29) is 17.4 Å². The number of thioether (sulfide) groups is 1. The van der Waals surface area contributed by atoms with Crippen molar-refractivity contribution in [3.63, 3.8) is 0 Å². The molecule has 0 radical (unpaired) electrons. The minimum absolute atomic E-state index is 0.124. The molecule has 21 heavy (non-hydrogen) atoms. The zero-order chi connectivity index (χ0) is 14.8. The number of carbonyl (C=O) groups is 1. The third-order valence-electron chi connectivity index (χ3n) is 3.52. The van der Waals surface area contributed by atoms with Gasteiger partial charge in [0.15, 0.2) is 5.78 Å². The molecule has 0 bridgehead atoms. The molecule has 3 heterocycles. The molecule has 0 unspecified atom stereocenters. The van der Waals surface area contributed by atoms with E-state index in [1.165, 1.54) is 11.8 Å². The predicted octanol–water partition coefficient (Wildman–Crippen LogP) is 1.08. The Bertz CT molecular complexity index is 634. The molecule has 0 aliphatic carbocycles. The van der Waals surface area contributed by atoms with E-state index < -0.39 is 0 Å². The maximum atomic E-state index is 11.5. The number of anilines is 2. The summed E-state index contributed by atoms with van der Waals surface area (Å²) in [4.78, 5) is 18.1. The van der Waals surface area contributed by atoms with Gasteiger partial charge >= 0.3 is 0 Å². The number of nitriles is 1. The number of nitrogens with two attached hydrogens (primary N) is 1. The smallest absolute Gasteiger partial charge is 0.186 e. The second-order valence-corrected chi connectivity index (χ2v) is 6.04. The van der Waals surface area contributed by atoms with Crippen molar-refractivity contribution < 1.29 is 4.79 Å². The topological polar surface area (TPSA) is 95.0 Å². The Morgan fingerprint density at radius 3 is 3.00 bits per heavy atom. The first-order chi connectivity index (χ1) is 10.2. The lowest BCUT2D eigenvalue weighted by molar-refractivity contribution is -0.112. The van der Waals surface area contributed by atoms with Crippen LogP contribution in [-0.4, -0.2) is 35.7 Å². The molecule has 108 valence electrons. The number of pyridine rings is 1. The first-order valence-corrected chi connectivity index (χ1v) is 7.70. The number of nitrogens with one attached hydrogen (secondary N) is 1. The Hall–Kier alpha value is -2.04. The van der Waals surface area contributed by atoms with Crippen LogP contribution in [0.1, 0.15) is 6.42 Å². The Morgan fingerprint density at radius 1 is 1.52 bits per heavy atom. The summed E-state index contributed by atoms with van der Waals surface area (Å²) >= 11 is 1.35. The number of ketones is 1. The minimum Gasteiger partial charge on any atom is -0.355 e. The molecule has 3 N–H and O–H groups in total. The molecular formula is C14H15N5OS.